The van der Waals surface area contributed by atoms with Gasteiger partial charge in [0.25, 0.3) is 0 Å². The van der Waals surface area contributed by atoms with Crippen molar-refractivity contribution in [2.24, 2.45) is 5.73 Å². The Morgan fingerprint density at radius 3 is 2.50 bits per heavy atom. The van der Waals surface area contributed by atoms with Crippen molar-refractivity contribution in [2.75, 3.05) is 13.6 Å². The summed E-state index contributed by atoms with van der Waals surface area (Å²) in [5.41, 5.74) is 6.72. The Hall–Kier alpha value is -0.580. The van der Waals surface area contributed by atoms with Gasteiger partial charge in [0.15, 0.2) is 0 Å². The van der Waals surface area contributed by atoms with Crippen molar-refractivity contribution in [3.05, 3.63) is 18.0 Å². The van der Waals surface area contributed by atoms with Gasteiger partial charge in [-0.15, -0.1) is 12.4 Å². The number of hydrogen-bond acceptors (Lipinski definition) is 3. The zero-order valence-corrected chi connectivity index (χ0v) is 11.4. The van der Waals surface area contributed by atoms with Crippen LogP contribution in [-0.2, 0) is 6.54 Å². The number of rotatable bonds is 5. The Balaban J connectivity index is 0.00000225. The van der Waals surface area contributed by atoms with E-state index in [1.165, 1.54) is 0 Å². The fourth-order valence-corrected chi connectivity index (χ4v) is 1.34. The lowest BCUT2D eigenvalue weighted by Gasteiger charge is -2.22. The van der Waals surface area contributed by atoms with Crippen molar-refractivity contribution in [3.8, 4) is 0 Å². The van der Waals surface area contributed by atoms with Gasteiger partial charge in [-0.2, -0.15) is 5.10 Å². The third-order valence-electron chi connectivity index (χ3n) is 2.70. The molecular formula is C11H23ClN4. The van der Waals surface area contributed by atoms with E-state index in [-0.39, 0.29) is 12.4 Å². The second-order valence-electron chi connectivity index (χ2n) is 4.38. The Labute approximate surface area is 104 Å². The molecule has 94 valence electrons. The number of aromatic nitrogens is 2. The van der Waals surface area contributed by atoms with Crippen LogP contribution in [0, 0.1) is 0 Å². The molecule has 1 aromatic rings. The van der Waals surface area contributed by atoms with Gasteiger partial charge in [-0.3, -0.25) is 9.58 Å². The highest BCUT2D eigenvalue weighted by atomic mass is 35.5. The maximum atomic E-state index is 5.61. The molecule has 0 radical (unpaired) electrons. The minimum atomic E-state index is 0. The van der Waals surface area contributed by atoms with Gasteiger partial charge in [0.05, 0.1) is 5.69 Å². The van der Waals surface area contributed by atoms with Crippen LogP contribution in [0.1, 0.15) is 32.5 Å². The van der Waals surface area contributed by atoms with Crippen molar-refractivity contribution >= 4 is 12.4 Å². The van der Waals surface area contributed by atoms with E-state index in [1.54, 1.807) is 0 Å². The first kappa shape index (κ1) is 15.4. The van der Waals surface area contributed by atoms with Crippen molar-refractivity contribution in [2.45, 2.75) is 39.4 Å². The fraction of sp³-hybridized carbons (Fsp3) is 0.727. The van der Waals surface area contributed by atoms with Gasteiger partial charge >= 0.3 is 0 Å². The number of likely N-dealkylation sites (N-methyl/N-ethyl adjacent to an activating group) is 1. The van der Waals surface area contributed by atoms with Crippen LogP contribution in [0.5, 0.6) is 0 Å². The monoisotopic (exact) mass is 246 g/mol. The summed E-state index contributed by atoms with van der Waals surface area (Å²) >= 11 is 0. The summed E-state index contributed by atoms with van der Waals surface area (Å²) in [5.74, 6) is 0. The van der Waals surface area contributed by atoms with Crippen LogP contribution >= 0.6 is 12.4 Å². The van der Waals surface area contributed by atoms with Gasteiger partial charge in [0.2, 0.25) is 0 Å². The summed E-state index contributed by atoms with van der Waals surface area (Å²) in [6, 6.07) is 2.89. The van der Waals surface area contributed by atoms with E-state index in [4.69, 9.17) is 5.73 Å². The zero-order valence-electron chi connectivity index (χ0n) is 10.6. The molecule has 0 aliphatic carbocycles. The van der Waals surface area contributed by atoms with E-state index in [0.717, 1.165) is 12.2 Å². The predicted molar refractivity (Wildman–Crippen MR) is 69.8 cm³/mol. The molecule has 2 N–H and O–H groups in total. The minimum absolute atomic E-state index is 0. The normalized spacial score (nSPS) is 12.9. The molecular weight excluding hydrogens is 224 g/mol. The smallest absolute Gasteiger partial charge is 0.0764 e. The Morgan fingerprint density at radius 1 is 1.44 bits per heavy atom. The Bertz CT molecular complexity index is 298. The number of nitrogens with two attached hydrogens (primary N) is 1. The topological polar surface area (TPSA) is 47.1 Å². The van der Waals surface area contributed by atoms with Crippen LogP contribution in [-0.4, -0.2) is 34.3 Å². The molecule has 1 unspecified atom stereocenters. The second-order valence-corrected chi connectivity index (χ2v) is 4.38. The molecule has 0 spiro atoms. The molecule has 1 rings (SSSR count). The van der Waals surface area contributed by atoms with Crippen molar-refractivity contribution in [1.29, 1.82) is 0 Å². The zero-order chi connectivity index (χ0) is 11.4. The molecule has 0 aliphatic heterocycles. The highest BCUT2D eigenvalue weighted by Crippen LogP contribution is 2.07. The number of nitrogens with zero attached hydrogens (tertiary/aromatic N) is 3. The van der Waals surface area contributed by atoms with E-state index >= 15 is 0 Å². The summed E-state index contributed by atoms with van der Waals surface area (Å²) in [6.07, 6.45) is 2.03. The lowest BCUT2D eigenvalue weighted by Crippen LogP contribution is -2.34. The lowest BCUT2D eigenvalue weighted by atomic mass is 10.3. The van der Waals surface area contributed by atoms with Crippen molar-refractivity contribution < 1.29 is 0 Å². The van der Waals surface area contributed by atoms with Gasteiger partial charge in [-0.25, -0.2) is 0 Å². The maximum absolute atomic E-state index is 5.61. The molecule has 0 amide bonds. The van der Waals surface area contributed by atoms with E-state index in [1.807, 2.05) is 10.9 Å². The average molecular weight is 247 g/mol. The minimum Gasteiger partial charge on any atom is -0.329 e. The second kappa shape index (κ2) is 6.89. The van der Waals surface area contributed by atoms with Gasteiger partial charge in [0, 0.05) is 31.4 Å². The van der Waals surface area contributed by atoms with E-state index in [2.05, 4.69) is 43.9 Å². The molecule has 0 saturated heterocycles. The number of halogens is 1. The highest BCUT2D eigenvalue weighted by Gasteiger charge is 2.09. The summed E-state index contributed by atoms with van der Waals surface area (Å²) in [4.78, 5) is 2.22. The van der Waals surface area contributed by atoms with Crippen LogP contribution in [0.2, 0.25) is 0 Å². The molecule has 0 saturated carbocycles. The predicted octanol–water partition coefficient (Wildman–Crippen LogP) is 1.66. The Morgan fingerprint density at radius 2 is 2.06 bits per heavy atom. The van der Waals surface area contributed by atoms with Crippen molar-refractivity contribution in [3.63, 3.8) is 0 Å². The molecule has 5 heteroatoms. The van der Waals surface area contributed by atoms with Gasteiger partial charge in [-0.05, 0) is 33.9 Å². The standard InChI is InChI=1S/C11H22N4.ClH/c1-9(2)15-6-5-11(13-15)8-14(4)10(3)7-12;/h5-6,9-10H,7-8,12H2,1-4H3;1H. The first-order valence-corrected chi connectivity index (χ1v) is 5.49. The average Bonchev–Trinajstić information content (AvgIpc) is 2.65. The van der Waals surface area contributed by atoms with Crippen LogP contribution in [0.15, 0.2) is 12.3 Å². The van der Waals surface area contributed by atoms with Crippen molar-refractivity contribution in [1.82, 2.24) is 14.7 Å². The molecule has 1 atom stereocenters. The quantitative estimate of drug-likeness (QED) is 0.860. The summed E-state index contributed by atoms with van der Waals surface area (Å²) in [5, 5.41) is 4.50. The molecule has 0 fully saturated rings. The maximum Gasteiger partial charge on any atom is 0.0764 e. The molecule has 0 bridgehead atoms. The van der Waals surface area contributed by atoms with Crippen LogP contribution in [0.3, 0.4) is 0 Å². The van der Waals surface area contributed by atoms with E-state index in [0.29, 0.717) is 18.6 Å². The number of hydrogen-bond donors (Lipinski definition) is 1. The summed E-state index contributed by atoms with van der Waals surface area (Å²) in [7, 11) is 2.08. The lowest BCUT2D eigenvalue weighted by molar-refractivity contribution is 0.250. The molecule has 1 heterocycles. The van der Waals surface area contributed by atoms with Crippen LogP contribution < -0.4 is 5.73 Å². The molecule has 0 aromatic carbocycles. The van der Waals surface area contributed by atoms with Gasteiger partial charge < -0.3 is 5.73 Å². The summed E-state index contributed by atoms with van der Waals surface area (Å²) < 4.78 is 1.98. The molecule has 0 aliphatic rings. The van der Waals surface area contributed by atoms with Gasteiger partial charge in [0.1, 0.15) is 0 Å². The van der Waals surface area contributed by atoms with Crippen LogP contribution in [0.4, 0.5) is 0 Å². The van der Waals surface area contributed by atoms with Gasteiger partial charge in [-0.1, -0.05) is 0 Å². The first-order chi connectivity index (χ1) is 7.04. The molecule has 4 nitrogen and oxygen atoms in total. The third kappa shape index (κ3) is 4.12. The SMILES string of the molecule is CC(CN)N(C)Cc1ccn(C(C)C)n1.Cl. The summed E-state index contributed by atoms with van der Waals surface area (Å²) in [6.45, 7) is 7.92. The molecule has 1 aromatic heterocycles. The highest BCUT2D eigenvalue weighted by molar-refractivity contribution is 5.85. The van der Waals surface area contributed by atoms with E-state index < -0.39 is 0 Å². The molecule has 16 heavy (non-hydrogen) atoms. The fourth-order valence-electron chi connectivity index (χ4n) is 1.34. The largest absolute Gasteiger partial charge is 0.329 e. The first-order valence-electron chi connectivity index (χ1n) is 5.49. The Kier molecular flexibility index (Phi) is 6.64. The van der Waals surface area contributed by atoms with E-state index in [9.17, 15) is 0 Å². The third-order valence-corrected chi connectivity index (χ3v) is 2.70. The van der Waals surface area contributed by atoms with Crippen LogP contribution in [0.25, 0.3) is 0 Å².